The van der Waals surface area contributed by atoms with E-state index in [0.717, 1.165) is 6.08 Å². The number of nitrogens with zero attached hydrogens (tertiary/aromatic N) is 1. The number of rotatable bonds is 5. The molecule has 2 rings (SSSR count). The monoisotopic (exact) mass is 321 g/mol. The lowest BCUT2D eigenvalue weighted by Gasteiger charge is -2.11. The number of hydrogen-bond donors (Lipinski definition) is 1. The summed E-state index contributed by atoms with van der Waals surface area (Å²) >= 11 is 0. The van der Waals surface area contributed by atoms with Crippen LogP contribution in [0, 0.1) is 0 Å². The van der Waals surface area contributed by atoms with Crippen molar-refractivity contribution in [2.45, 2.75) is 12.8 Å². The molecule has 0 saturated carbocycles. The number of aromatic hydroxyl groups is 1. The maximum absolute atomic E-state index is 11.7. The van der Waals surface area contributed by atoms with E-state index in [1.807, 2.05) is 0 Å². The molecule has 1 heterocycles. The van der Waals surface area contributed by atoms with Gasteiger partial charge in [-0.15, -0.1) is 5.06 Å². The highest BCUT2D eigenvalue weighted by molar-refractivity contribution is 6.02. The average Bonchev–Trinajstić information content (AvgIpc) is 2.85. The topological polar surface area (TPSA) is 102 Å². The van der Waals surface area contributed by atoms with Gasteiger partial charge in [-0.25, -0.2) is 4.79 Å². The number of hydroxylamine groups is 2. The first-order chi connectivity index (χ1) is 11.0. The van der Waals surface area contributed by atoms with E-state index in [2.05, 4.69) is 0 Å². The minimum Gasteiger partial charge on any atom is -0.502 e. The summed E-state index contributed by atoms with van der Waals surface area (Å²) in [6.07, 6.45) is 2.48. The van der Waals surface area contributed by atoms with Crippen LogP contribution in [0.25, 0.3) is 6.08 Å². The summed E-state index contributed by atoms with van der Waals surface area (Å²) < 4.78 is 9.99. The first-order valence-electron chi connectivity index (χ1n) is 6.67. The minimum atomic E-state index is -0.875. The second-order valence-corrected chi connectivity index (χ2v) is 4.60. The first-order valence-corrected chi connectivity index (χ1v) is 6.67. The predicted octanol–water partition coefficient (Wildman–Crippen LogP) is 1.03. The summed E-state index contributed by atoms with van der Waals surface area (Å²) in [4.78, 5) is 39.0. The van der Waals surface area contributed by atoms with Crippen molar-refractivity contribution in [2.75, 3.05) is 14.2 Å². The summed E-state index contributed by atoms with van der Waals surface area (Å²) in [6, 6.07) is 2.96. The van der Waals surface area contributed by atoms with Gasteiger partial charge in [0.2, 0.25) is 5.75 Å². The fourth-order valence-electron chi connectivity index (χ4n) is 1.95. The van der Waals surface area contributed by atoms with Gasteiger partial charge in [-0.1, -0.05) is 0 Å². The van der Waals surface area contributed by atoms with Crippen molar-refractivity contribution in [3.8, 4) is 17.2 Å². The van der Waals surface area contributed by atoms with Crippen LogP contribution in [0.4, 0.5) is 0 Å². The maximum atomic E-state index is 11.7. The molecule has 0 atom stereocenters. The van der Waals surface area contributed by atoms with Crippen LogP contribution in [-0.2, 0) is 19.2 Å². The Kier molecular flexibility index (Phi) is 4.85. The Balaban J connectivity index is 2.12. The summed E-state index contributed by atoms with van der Waals surface area (Å²) in [5.74, 6) is -1.80. The molecule has 1 aliphatic rings. The lowest BCUT2D eigenvalue weighted by Crippen LogP contribution is -2.31. The van der Waals surface area contributed by atoms with Gasteiger partial charge in [0.05, 0.1) is 14.2 Å². The van der Waals surface area contributed by atoms with Crippen LogP contribution in [0.3, 0.4) is 0 Å². The first kappa shape index (κ1) is 16.3. The Morgan fingerprint density at radius 1 is 1.13 bits per heavy atom. The standard InChI is InChI=1S/C15H15NO7/c1-21-10-7-9(8-11(22-2)15(10)20)3-6-14(19)23-16-12(17)4-5-13(16)18/h3,6-8,20H,4-5H2,1-2H3/b6-3+. The van der Waals surface area contributed by atoms with Gasteiger partial charge in [-0.2, -0.15) is 0 Å². The van der Waals surface area contributed by atoms with E-state index >= 15 is 0 Å². The number of imide groups is 1. The molecule has 1 fully saturated rings. The second-order valence-electron chi connectivity index (χ2n) is 4.60. The molecule has 0 bridgehead atoms. The molecule has 0 spiro atoms. The normalized spacial score (nSPS) is 14.4. The Morgan fingerprint density at radius 3 is 2.13 bits per heavy atom. The van der Waals surface area contributed by atoms with Gasteiger partial charge in [0.25, 0.3) is 11.8 Å². The molecule has 23 heavy (non-hydrogen) atoms. The molecule has 1 aliphatic heterocycles. The summed E-state index contributed by atoms with van der Waals surface area (Å²) in [6.45, 7) is 0. The lowest BCUT2D eigenvalue weighted by atomic mass is 10.1. The van der Waals surface area contributed by atoms with Crippen LogP contribution in [-0.4, -0.2) is 42.2 Å². The van der Waals surface area contributed by atoms with Crippen molar-refractivity contribution >= 4 is 23.9 Å². The van der Waals surface area contributed by atoms with E-state index in [0.29, 0.717) is 10.6 Å². The SMILES string of the molecule is COc1cc(/C=C/C(=O)ON2C(=O)CCC2=O)cc(OC)c1O. The summed E-state index contributed by atoms with van der Waals surface area (Å²) in [5.41, 5.74) is 0.493. The highest BCUT2D eigenvalue weighted by Crippen LogP contribution is 2.37. The minimum absolute atomic E-state index is 0.0299. The zero-order chi connectivity index (χ0) is 17.0. The Morgan fingerprint density at radius 2 is 1.65 bits per heavy atom. The molecular formula is C15H15NO7. The van der Waals surface area contributed by atoms with Crippen molar-refractivity contribution < 1.29 is 33.8 Å². The average molecular weight is 321 g/mol. The molecule has 2 amide bonds. The second kappa shape index (κ2) is 6.82. The van der Waals surface area contributed by atoms with Crippen molar-refractivity contribution in [1.82, 2.24) is 5.06 Å². The van der Waals surface area contributed by atoms with E-state index in [4.69, 9.17) is 14.3 Å². The van der Waals surface area contributed by atoms with Crippen molar-refractivity contribution in [3.63, 3.8) is 0 Å². The number of phenolic OH excluding ortho intramolecular Hbond substituents is 1. The fourth-order valence-corrected chi connectivity index (χ4v) is 1.95. The van der Waals surface area contributed by atoms with Gasteiger partial charge in [0.1, 0.15) is 0 Å². The van der Waals surface area contributed by atoms with Crippen molar-refractivity contribution in [1.29, 1.82) is 0 Å². The van der Waals surface area contributed by atoms with Crippen LogP contribution in [0.15, 0.2) is 18.2 Å². The number of ether oxygens (including phenoxy) is 2. The van der Waals surface area contributed by atoms with E-state index < -0.39 is 17.8 Å². The van der Waals surface area contributed by atoms with Gasteiger partial charge in [0.15, 0.2) is 11.5 Å². The third kappa shape index (κ3) is 3.60. The number of benzene rings is 1. The highest BCUT2D eigenvalue weighted by atomic mass is 16.7. The molecule has 0 radical (unpaired) electrons. The Hall–Kier alpha value is -3.03. The molecule has 122 valence electrons. The molecule has 0 aliphatic carbocycles. The van der Waals surface area contributed by atoms with Crippen molar-refractivity contribution in [2.24, 2.45) is 0 Å². The van der Waals surface area contributed by atoms with Crippen LogP contribution < -0.4 is 9.47 Å². The molecule has 1 N–H and O–H groups in total. The smallest absolute Gasteiger partial charge is 0.356 e. The molecule has 0 unspecified atom stereocenters. The van der Waals surface area contributed by atoms with Crippen molar-refractivity contribution in [3.05, 3.63) is 23.8 Å². The molecule has 8 nitrogen and oxygen atoms in total. The number of carbonyl (C=O) groups excluding carboxylic acids is 3. The van der Waals surface area contributed by atoms with E-state index in [9.17, 15) is 19.5 Å². The van der Waals surface area contributed by atoms with E-state index in [-0.39, 0.29) is 30.1 Å². The number of hydrogen-bond acceptors (Lipinski definition) is 7. The van der Waals surface area contributed by atoms with Gasteiger partial charge >= 0.3 is 5.97 Å². The number of phenols is 1. The van der Waals surface area contributed by atoms with E-state index in [1.165, 1.54) is 32.4 Å². The zero-order valence-corrected chi connectivity index (χ0v) is 12.6. The highest BCUT2D eigenvalue weighted by Gasteiger charge is 2.32. The van der Waals surface area contributed by atoms with Gasteiger partial charge < -0.3 is 19.4 Å². The molecular weight excluding hydrogens is 306 g/mol. The Labute approximate surface area is 131 Å². The van der Waals surface area contributed by atoms with Crippen LogP contribution in [0.2, 0.25) is 0 Å². The quantitative estimate of drug-likeness (QED) is 0.638. The number of methoxy groups -OCH3 is 2. The van der Waals surface area contributed by atoms with E-state index in [1.54, 1.807) is 0 Å². The number of carbonyl (C=O) groups is 3. The maximum Gasteiger partial charge on any atom is 0.356 e. The molecule has 1 aromatic rings. The summed E-state index contributed by atoms with van der Waals surface area (Å²) in [5, 5.41) is 10.3. The number of amides is 2. The van der Waals surface area contributed by atoms with Gasteiger partial charge in [-0.3, -0.25) is 9.59 Å². The molecule has 1 saturated heterocycles. The predicted molar refractivity (Wildman–Crippen MR) is 77.4 cm³/mol. The van der Waals surface area contributed by atoms with Crippen LogP contribution >= 0.6 is 0 Å². The van der Waals surface area contributed by atoms with Gasteiger partial charge in [0, 0.05) is 18.9 Å². The lowest BCUT2D eigenvalue weighted by molar-refractivity contribution is -0.193. The molecule has 1 aromatic carbocycles. The summed E-state index contributed by atoms with van der Waals surface area (Å²) in [7, 11) is 2.75. The fraction of sp³-hybridized carbons (Fsp3) is 0.267. The molecule has 8 heteroatoms. The zero-order valence-electron chi connectivity index (χ0n) is 12.6. The van der Waals surface area contributed by atoms with Crippen LogP contribution in [0.5, 0.6) is 17.2 Å². The van der Waals surface area contributed by atoms with Gasteiger partial charge in [-0.05, 0) is 23.8 Å². The van der Waals surface area contributed by atoms with Crippen LogP contribution in [0.1, 0.15) is 18.4 Å². The Bertz CT molecular complexity index is 639. The largest absolute Gasteiger partial charge is 0.502 e. The third-order valence-corrected chi connectivity index (χ3v) is 3.10. The molecule has 0 aromatic heterocycles. The third-order valence-electron chi connectivity index (χ3n) is 3.10.